The van der Waals surface area contributed by atoms with Crippen LogP contribution in [0.15, 0.2) is 47.5 Å². The highest BCUT2D eigenvalue weighted by molar-refractivity contribution is 6.30. The molecule has 154 valence electrons. The second-order valence-corrected chi connectivity index (χ2v) is 9.05. The van der Waals surface area contributed by atoms with Crippen LogP contribution < -0.4 is 10.6 Å². The molecular formula is C24H31ClN4. The van der Waals surface area contributed by atoms with Gasteiger partial charge in [0.15, 0.2) is 0 Å². The summed E-state index contributed by atoms with van der Waals surface area (Å²) in [5.41, 5.74) is 4.64. The Morgan fingerprint density at radius 2 is 1.90 bits per heavy atom. The summed E-state index contributed by atoms with van der Waals surface area (Å²) >= 11 is 6.17. The molecule has 1 heterocycles. The van der Waals surface area contributed by atoms with Gasteiger partial charge in [-0.2, -0.15) is 0 Å². The summed E-state index contributed by atoms with van der Waals surface area (Å²) in [5, 5.41) is 8.30. The van der Waals surface area contributed by atoms with Crippen LogP contribution in [-0.2, 0) is 13.0 Å². The average Bonchev–Trinajstić information content (AvgIpc) is 2.71. The molecule has 2 N–H and O–H groups in total. The number of hydrogen-bond acceptors (Lipinski definition) is 4. The number of amidine groups is 1. The lowest BCUT2D eigenvalue weighted by Gasteiger charge is -2.43. The number of nitrogens with zero attached hydrogens (tertiary/aromatic N) is 2. The normalized spacial score (nSPS) is 17.6. The zero-order valence-corrected chi connectivity index (χ0v) is 18.2. The number of halogens is 1. The number of rotatable bonds is 5. The third-order valence-corrected chi connectivity index (χ3v) is 6.26. The molecule has 2 aliphatic rings. The number of hydrogen-bond donors (Lipinski definition) is 2. The Kier molecular flexibility index (Phi) is 6.12. The van der Waals surface area contributed by atoms with Gasteiger partial charge in [0.25, 0.3) is 0 Å². The summed E-state index contributed by atoms with van der Waals surface area (Å²) in [6.07, 6.45) is 7.06. The molecule has 0 bridgehead atoms. The Morgan fingerprint density at radius 1 is 1.07 bits per heavy atom. The topological polar surface area (TPSA) is 39.7 Å². The van der Waals surface area contributed by atoms with Crippen LogP contribution in [0.4, 0.5) is 11.4 Å². The Labute approximate surface area is 179 Å². The maximum Gasteiger partial charge on any atom is 0.128 e. The first kappa shape index (κ1) is 20.2. The molecule has 0 saturated heterocycles. The summed E-state index contributed by atoms with van der Waals surface area (Å²) in [5.74, 6) is 1.08. The van der Waals surface area contributed by atoms with Gasteiger partial charge in [0.2, 0.25) is 0 Å². The van der Waals surface area contributed by atoms with Gasteiger partial charge < -0.3 is 15.5 Å². The van der Waals surface area contributed by atoms with E-state index in [1.54, 1.807) is 0 Å². The third kappa shape index (κ3) is 4.76. The van der Waals surface area contributed by atoms with Crippen LogP contribution in [0.3, 0.4) is 0 Å². The van der Waals surface area contributed by atoms with Crippen molar-refractivity contribution in [2.75, 3.05) is 26.0 Å². The fourth-order valence-electron chi connectivity index (χ4n) is 4.39. The largest absolute Gasteiger partial charge is 0.371 e. The molecule has 1 saturated carbocycles. The van der Waals surface area contributed by atoms with Crippen molar-refractivity contribution in [3.8, 4) is 0 Å². The lowest BCUT2D eigenvalue weighted by Crippen LogP contribution is -2.54. The van der Waals surface area contributed by atoms with Crippen molar-refractivity contribution >= 4 is 28.8 Å². The van der Waals surface area contributed by atoms with Crippen molar-refractivity contribution in [1.29, 1.82) is 0 Å². The van der Waals surface area contributed by atoms with E-state index in [-0.39, 0.29) is 5.54 Å². The van der Waals surface area contributed by atoms with Crippen LogP contribution in [0.25, 0.3) is 0 Å². The summed E-state index contributed by atoms with van der Waals surface area (Å²) < 4.78 is 0. The number of nitrogens with one attached hydrogen (secondary N) is 2. The van der Waals surface area contributed by atoms with E-state index in [4.69, 9.17) is 16.6 Å². The van der Waals surface area contributed by atoms with Gasteiger partial charge >= 0.3 is 0 Å². The molecule has 0 radical (unpaired) electrons. The van der Waals surface area contributed by atoms with Gasteiger partial charge in [0.1, 0.15) is 5.84 Å². The molecule has 1 aliphatic heterocycles. The molecule has 0 aromatic heterocycles. The maximum atomic E-state index is 6.17. The fraction of sp³-hybridized carbons (Fsp3) is 0.458. The summed E-state index contributed by atoms with van der Waals surface area (Å²) in [6.45, 7) is 1.78. The van der Waals surface area contributed by atoms with E-state index >= 15 is 0 Å². The smallest absolute Gasteiger partial charge is 0.128 e. The Balaban J connectivity index is 1.60. The van der Waals surface area contributed by atoms with Crippen molar-refractivity contribution in [3.05, 3.63) is 58.6 Å². The van der Waals surface area contributed by atoms with Crippen molar-refractivity contribution in [1.82, 2.24) is 10.2 Å². The SMILES string of the molecule is CN(C)CCc1ccc2c(c1)N=C(NCc1cccc(Cl)c1)C1(CCCCC1)N2. The number of aliphatic imine (C=N–C) groups is 1. The summed E-state index contributed by atoms with van der Waals surface area (Å²) in [4.78, 5) is 7.36. The van der Waals surface area contributed by atoms with Crippen LogP contribution in [0.1, 0.15) is 43.2 Å². The van der Waals surface area contributed by atoms with Crippen LogP contribution >= 0.6 is 11.6 Å². The molecular weight excluding hydrogens is 380 g/mol. The van der Waals surface area contributed by atoms with Gasteiger partial charge in [-0.15, -0.1) is 0 Å². The Morgan fingerprint density at radius 3 is 2.66 bits per heavy atom. The van der Waals surface area contributed by atoms with Gasteiger partial charge in [-0.1, -0.05) is 49.1 Å². The van der Waals surface area contributed by atoms with Crippen molar-refractivity contribution in [2.45, 2.75) is 50.6 Å². The molecule has 0 unspecified atom stereocenters. The zero-order chi connectivity index (χ0) is 20.3. The third-order valence-electron chi connectivity index (χ3n) is 6.03. The van der Waals surface area contributed by atoms with Crippen molar-refractivity contribution in [2.24, 2.45) is 4.99 Å². The molecule has 5 heteroatoms. The average molecular weight is 411 g/mol. The first-order chi connectivity index (χ1) is 14.0. The van der Waals surface area contributed by atoms with Crippen molar-refractivity contribution < 1.29 is 0 Å². The minimum Gasteiger partial charge on any atom is -0.371 e. The fourth-order valence-corrected chi connectivity index (χ4v) is 4.60. The summed E-state index contributed by atoms with van der Waals surface area (Å²) in [6, 6.07) is 14.7. The van der Waals surface area contributed by atoms with Crippen LogP contribution in [0.2, 0.25) is 5.02 Å². The Hall–Kier alpha value is -2.04. The van der Waals surface area contributed by atoms with Gasteiger partial charge in [-0.05, 0) is 68.8 Å². The number of anilines is 1. The van der Waals surface area contributed by atoms with E-state index in [1.165, 1.54) is 30.4 Å². The van der Waals surface area contributed by atoms with E-state index < -0.39 is 0 Å². The van der Waals surface area contributed by atoms with Gasteiger partial charge in [0.05, 0.1) is 16.9 Å². The minimum atomic E-state index is -0.0744. The summed E-state index contributed by atoms with van der Waals surface area (Å²) in [7, 11) is 4.23. The van der Waals surface area contributed by atoms with E-state index in [1.807, 2.05) is 18.2 Å². The molecule has 29 heavy (non-hydrogen) atoms. The first-order valence-corrected chi connectivity index (χ1v) is 11.1. The standard InChI is InChI=1S/C24H31ClN4/c1-29(2)14-11-18-9-10-21-22(16-18)27-23(24(28-21)12-4-3-5-13-24)26-17-19-7-6-8-20(25)15-19/h6-10,15-16,28H,3-5,11-14,17H2,1-2H3,(H,26,27). The number of fused-ring (bicyclic) bond motifs is 1. The van der Waals surface area contributed by atoms with E-state index in [9.17, 15) is 0 Å². The lowest BCUT2D eigenvalue weighted by molar-refractivity contribution is 0.396. The number of likely N-dealkylation sites (N-methyl/N-ethyl adjacent to an activating group) is 1. The second kappa shape index (κ2) is 8.76. The zero-order valence-electron chi connectivity index (χ0n) is 17.5. The molecule has 0 amide bonds. The monoisotopic (exact) mass is 410 g/mol. The second-order valence-electron chi connectivity index (χ2n) is 8.62. The predicted octanol–water partition coefficient (Wildman–Crippen LogP) is 5.39. The molecule has 0 atom stereocenters. The van der Waals surface area contributed by atoms with E-state index in [2.05, 4.69) is 53.9 Å². The van der Waals surface area contributed by atoms with Gasteiger partial charge in [-0.3, -0.25) is 0 Å². The van der Waals surface area contributed by atoms with E-state index in [0.717, 1.165) is 54.6 Å². The van der Waals surface area contributed by atoms with Crippen LogP contribution in [0.5, 0.6) is 0 Å². The maximum absolute atomic E-state index is 6.17. The molecule has 2 aromatic rings. The molecule has 4 nitrogen and oxygen atoms in total. The lowest BCUT2D eigenvalue weighted by atomic mass is 9.79. The predicted molar refractivity (Wildman–Crippen MR) is 124 cm³/mol. The van der Waals surface area contributed by atoms with Crippen LogP contribution in [-0.4, -0.2) is 36.9 Å². The van der Waals surface area contributed by atoms with E-state index in [0.29, 0.717) is 0 Å². The molecule has 1 spiro atoms. The first-order valence-electron chi connectivity index (χ1n) is 10.7. The quantitative estimate of drug-likeness (QED) is 0.693. The van der Waals surface area contributed by atoms with Gasteiger partial charge in [0, 0.05) is 18.1 Å². The highest BCUT2D eigenvalue weighted by atomic mass is 35.5. The van der Waals surface area contributed by atoms with Crippen molar-refractivity contribution in [3.63, 3.8) is 0 Å². The molecule has 2 aromatic carbocycles. The number of benzene rings is 2. The highest BCUT2D eigenvalue weighted by Crippen LogP contribution is 2.40. The molecule has 4 rings (SSSR count). The minimum absolute atomic E-state index is 0.0744. The highest BCUT2D eigenvalue weighted by Gasteiger charge is 2.40. The molecule has 1 aliphatic carbocycles. The van der Waals surface area contributed by atoms with Gasteiger partial charge in [-0.25, -0.2) is 4.99 Å². The Bertz CT molecular complexity index is 884. The van der Waals surface area contributed by atoms with Crippen LogP contribution in [0, 0.1) is 0 Å². The molecule has 1 fully saturated rings.